The maximum atomic E-state index is 10.8. The molecule has 0 aromatic carbocycles. The molecule has 0 bridgehead atoms. The SMILES string of the molecule is COC(=O)[C@@H]1C[C@@H]1C(=O)N=[N+]=[N-]. The van der Waals surface area contributed by atoms with E-state index in [0.717, 1.165) is 0 Å². The topological polar surface area (TPSA) is 92.1 Å². The van der Waals surface area contributed by atoms with E-state index in [0.29, 0.717) is 6.42 Å². The molecule has 0 radical (unpaired) electrons. The Labute approximate surface area is 68.1 Å². The molecule has 0 aliphatic heterocycles. The zero-order valence-electron chi connectivity index (χ0n) is 6.43. The van der Waals surface area contributed by atoms with Crippen molar-refractivity contribution in [2.45, 2.75) is 6.42 Å². The first-order valence-electron chi connectivity index (χ1n) is 3.37. The maximum absolute atomic E-state index is 10.8. The predicted octanol–water partition coefficient (Wildman–Crippen LogP) is 0.632. The summed E-state index contributed by atoms with van der Waals surface area (Å²) in [7, 11) is 1.26. The standard InChI is InChI=1S/C6H7N3O3/c1-12-6(11)4-2-3(4)5(10)8-9-7/h3-4H,2H2,1H3/t3-,4+/m0/s1. The third-order valence-corrected chi connectivity index (χ3v) is 1.75. The summed E-state index contributed by atoms with van der Waals surface area (Å²) in [4.78, 5) is 23.9. The molecule has 0 aromatic rings. The molecule has 1 saturated carbocycles. The lowest BCUT2D eigenvalue weighted by molar-refractivity contribution is -0.143. The van der Waals surface area contributed by atoms with Crippen molar-refractivity contribution in [3.05, 3.63) is 10.4 Å². The molecule has 0 spiro atoms. The highest BCUT2D eigenvalue weighted by atomic mass is 16.5. The number of methoxy groups -OCH3 is 1. The summed E-state index contributed by atoms with van der Waals surface area (Å²) in [6.07, 6.45) is 0.435. The van der Waals surface area contributed by atoms with E-state index < -0.39 is 23.7 Å². The van der Waals surface area contributed by atoms with Gasteiger partial charge < -0.3 is 4.74 Å². The van der Waals surface area contributed by atoms with Gasteiger partial charge in [-0.1, -0.05) is 0 Å². The Kier molecular flexibility index (Phi) is 2.30. The largest absolute Gasteiger partial charge is 0.469 e. The lowest BCUT2D eigenvalue weighted by Gasteiger charge is -1.93. The average molecular weight is 169 g/mol. The number of carbonyl (C=O) groups excluding carboxylic acids is 2. The first-order chi connectivity index (χ1) is 5.70. The Morgan fingerprint density at radius 1 is 1.58 bits per heavy atom. The third-order valence-electron chi connectivity index (χ3n) is 1.75. The first kappa shape index (κ1) is 8.55. The van der Waals surface area contributed by atoms with Crippen molar-refractivity contribution in [3.63, 3.8) is 0 Å². The van der Waals surface area contributed by atoms with Crippen molar-refractivity contribution >= 4 is 11.9 Å². The number of ether oxygens (including phenoxy) is 1. The van der Waals surface area contributed by atoms with Crippen molar-refractivity contribution in [1.82, 2.24) is 0 Å². The van der Waals surface area contributed by atoms with Crippen LogP contribution in [-0.2, 0) is 14.3 Å². The summed E-state index contributed by atoms with van der Waals surface area (Å²) in [5, 5.41) is 2.89. The molecule has 0 N–H and O–H groups in total. The second kappa shape index (κ2) is 3.23. The van der Waals surface area contributed by atoms with Crippen molar-refractivity contribution in [2.24, 2.45) is 17.0 Å². The molecule has 0 saturated heterocycles. The van der Waals surface area contributed by atoms with Crippen LogP contribution in [0.4, 0.5) is 0 Å². The number of azide groups is 1. The van der Waals surface area contributed by atoms with Gasteiger partial charge in [-0.25, -0.2) is 0 Å². The molecule has 1 fully saturated rings. The van der Waals surface area contributed by atoms with Crippen LogP contribution in [0.3, 0.4) is 0 Å². The Morgan fingerprint density at radius 2 is 2.25 bits per heavy atom. The van der Waals surface area contributed by atoms with E-state index in [4.69, 9.17) is 5.53 Å². The minimum absolute atomic E-state index is 0.395. The monoisotopic (exact) mass is 169 g/mol. The smallest absolute Gasteiger partial charge is 0.309 e. The van der Waals surface area contributed by atoms with Crippen LogP contribution in [0, 0.1) is 11.8 Å². The number of hydrogen-bond acceptors (Lipinski definition) is 3. The second-order valence-electron chi connectivity index (χ2n) is 2.50. The van der Waals surface area contributed by atoms with Gasteiger partial charge in [0, 0.05) is 10.8 Å². The van der Waals surface area contributed by atoms with Gasteiger partial charge in [-0.3, -0.25) is 9.59 Å². The summed E-state index contributed by atoms with van der Waals surface area (Å²) < 4.78 is 4.41. The number of esters is 1. The number of hydrogen-bond donors (Lipinski definition) is 0. The molecule has 0 unspecified atom stereocenters. The fraction of sp³-hybridized carbons (Fsp3) is 0.667. The van der Waals surface area contributed by atoms with E-state index in [9.17, 15) is 9.59 Å². The fourth-order valence-electron chi connectivity index (χ4n) is 0.998. The molecule has 6 nitrogen and oxygen atoms in total. The Morgan fingerprint density at radius 3 is 2.75 bits per heavy atom. The maximum Gasteiger partial charge on any atom is 0.309 e. The van der Waals surface area contributed by atoms with Gasteiger partial charge in [0.05, 0.1) is 13.0 Å². The number of nitrogens with zero attached hydrogens (tertiary/aromatic N) is 3. The summed E-state index contributed by atoms with van der Waals surface area (Å²) >= 11 is 0. The lowest BCUT2D eigenvalue weighted by Crippen LogP contribution is -2.07. The van der Waals surface area contributed by atoms with E-state index in [1.165, 1.54) is 7.11 Å². The molecule has 6 heteroatoms. The van der Waals surface area contributed by atoms with Crippen LogP contribution < -0.4 is 0 Å². The molecule has 64 valence electrons. The molecule has 0 heterocycles. The van der Waals surface area contributed by atoms with Crippen molar-refractivity contribution in [2.75, 3.05) is 7.11 Å². The van der Waals surface area contributed by atoms with Gasteiger partial charge >= 0.3 is 5.97 Å². The van der Waals surface area contributed by atoms with Crippen LogP contribution in [0.2, 0.25) is 0 Å². The van der Waals surface area contributed by atoms with Crippen LogP contribution in [0.5, 0.6) is 0 Å². The fourth-order valence-corrected chi connectivity index (χ4v) is 0.998. The molecule has 2 atom stereocenters. The van der Waals surface area contributed by atoms with Crippen molar-refractivity contribution < 1.29 is 14.3 Å². The normalized spacial score (nSPS) is 25.4. The van der Waals surface area contributed by atoms with E-state index >= 15 is 0 Å². The Balaban J connectivity index is 2.47. The lowest BCUT2D eigenvalue weighted by atomic mass is 10.3. The van der Waals surface area contributed by atoms with Crippen molar-refractivity contribution in [3.8, 4) is 0 Å². The highest BCUT2D eigenvalue weighted by molar-refractivity contribution is 5.90. The number of amides is 1. The van der Waals surface area contributed by atoms with Crippen LogP contribution in [0.15, 0.2) is 5.11 Å². The van der Waals surface area contributed by atoms with E-state index in [1.807, 2.05) is 0 Å². The van der Waals surface area contributed by atoms with Gasteiger partial charge in [0.25, 0.3) is 0 Å². The third kappa shape index (κ3) is 1.54. The number of rotatable bonds is 2. The van der Waals surface area contributed by atoms with Gasteiger partial charge in [-0.15, -0.1) is 0 Å². The second-order valence-corrected chi connectivity index (χ2v) is 2.50. The Bertz CT molecular complexity index is 269. The molecule has 12 heavy (non-hydrogen) atoms. The van der Waals surface area contributed by atoms with Gasteiger partial charge in [-0.2, -0.15) is 0 Å². The molecule has 1 aliphatic carbocycles. The molecular weight excluding hydrogens is 162 g/mol. The predicted molar refractivity (Wildman–Crippen MR) is 37.8 cm³/mol. The molecule has 1 amide bonds. The molecule has 1 rings (SSSR count). The Hall–Kier alpha value is -1.55. The molecular formula is C6H7N3O3. The molecule has 0 aromatic heterocycles. The van der Waals surface area contributed by atoms with Crippen molar-refractivity contribution in [1.29, 1.82) is 0 Å². The van der Waals surface area contributed by atoms with E-state index in [2.05, 4.69) is 14.8 Å². The zero-order valence-corrected chi connectivity index (χ0v) is 6.43. The van der Waals surface area contributed by atoms with Gasteiger partial charge in [0.2, 0.25) is 5.91 Å². The highest BCUT2D eigenvalue weighted by Crippen LogP contribution is 2.40. The summed E-state index contributed by atoms with van der Waals surface area (Å²) in [5.41, 5.74) is 7.92. The zero-order chi connectivity index (χ0) is 9.14. The van der Waals surface area contributed by atoms with E-state index in [1.54, 1.807) is 0 Å². The summed E-state index contributed by atoms with van der Waals surface area (Å²) in [6, 6.07) is 0. The van der Waals surface area contributed by atoms with Gasteiger partial charge in [-0.05, 0) is 17.1 Å². The van der Waals surface area contributed by atoms with Gasteiger partial charge in [0.1, 0.15) is 0 Å². The van der Waals surface area contributed by atoms with Crippen LogP contribution in [0.25, 0.3) is 10.4 Å². The number of carbonyl (C=O) groups is 2. The van der Waals surface area contributed by atoms with Gasteiger partial charge in [0.15, 0.2) is 0 Å². The van der Waals surface area contributed by atoms with Crippen LogP contribution in [0.1, 0.15) is 6.42 Å². The average Bonchev–Trinajstić information content (AvgIpc) is 2.82. The molecule has 1 aliphatic rings. The quantitative estimate of drug-likeness (QED) is 0.262. The van der Waals surface area contributed by atoms with Crippen LogP contribution in [-0.4, -0.2) is 19.0 Å². The minimum Gasteiger partial charge on any atom is -0.469 e. The first-order valence-corrected chi connectivity index (χ1v) is 3.37. The van der Waals surface area contributed by atoms with E-state index in [-0.39, 0.29) is 0 Å². The minimum atomic E-state index is -0.576. The highest BCUT2D eigenvalue weighted by Gasteiger charge is 2.48. The van der Waals surface area contributed by atoms with Crippen LogP contribution >= 0.6 is 0 Å². The summed E-state index contributed by atoms with van der Waals surface area (Å²) in [5.74, 6) is -1.84. The summed E-state index contributed by atoms with van der Waals surface area (Å²) in [6.45, 7) is 0.